The fourth-order valence-electron chi connectivity index (χ4n) is 2.67. The molecule has 2 heterocycles. The Morgan fingerprint density at radius 3 is 2.29 bits per heavy atom. The minimum atomic E-state index is 0.488. The van der Waals surface area contributed by atoms with Gasteiger partial charge in [-0.25, -0.2) is 0 Å². The Hall–Kier alpha value is -1.32. The van der Waals surface area contributed by atoms with Crippen molar-refractivity contribution in [3.8, 4) is 0 Å². The highest BCUT2D eigenvalue weighted by Gasteiger charge is 2.31. The molecule has 1 aromatic rings. The van der Waals surface area contributed by atoms with Crippen LogP contribution in [0.15, 0.2) is 12.1 Å². The molecular formula is C13H22N4. The minimum Gasteiger partial charge on any atom is -0.382 e. The van der Waals surface area contributed by atoms with Gasteiger partial charge < -0.3 is 10.6 Å². The number of rotatable bonds is 3. The lowest BCUT2D eigenvalue weighted by Gasteiger charge is -2.41. The largest absolute Gasteiger partial charge is 0.382 e. The Morgan fingerprint density at radius 1 is 1.18 bits per heavy atom. The first-order valence-corrected chi connectivity index (χ1v) is 6.53. The van der Waals surface area contributed by atoms with E-state index in [9.17, 15) is 0 Å². The van der Waals surface area contributed by atoms with Gasteiger partial charge in [-0.2, -0.15) is 0 Å². The van der Waals surface area contributed by atoms with E-state index in [1.54, 1.807) is 0 Å². The lowest BCUT2D eigenvalue weighted by molar-refractivity contribution is 0.199. The second kappa shape index (κ2) is 4.90. The summed E-state index contributed by atoms with van der Waals surface area (Å²) in [6, 6.07) is 3.79. The molecule has 4 heteroatoms. The zero-order valence-corrected chi connectivity index (χ0v) is 10.8. The summed E-state index contributed by atoms with van der Waals surface area (Å²) in [5, 5.41) is 8.07. The van der Waals surface area contributed by atoms with Crippen molar-refractivity contribution in [3.05, 3.63) is 12.1 Å². The predicted molar refractivity (Wildman–Crippen MR) is 70.9 cm³/mol. The Morgan fingerprint density at radius 2 is 1.82 bits per heavy atom. The SMILES string of the molecule is CCC1(CC)CCN(c2ccc(N)nn2)CC1. The summed E-state index contributed by atoms with van der Waals surface area (Å²) in [5.74, 6) is 1.45. The van der Waals surface area contributed by atoms with E-state index in [0.717, 1.165) is 18.9 Å². The van der Waals surface area contributed by atoms with Crippen molar-refractivity contribution < 1.29 is 0 Å². The molecule has 1 aliphatic rings. The number of nitrogen functional groups attached to an aromatic ring is 1. The molecule has 1 saturated heterocycles. The maximum Gasteiger partial charge on any atom is 0.151 e. The molecule has 1 aromatic heterocycles. The summed E-state index contributed by atoms with van der Waals surface area (Å²) in [6.07, 6.45) is 5.08. The van der Waals surface area contributed by atoms with E-state index in [4.69, 9.17) is 5.73 Å². The van der Waals surface area contributed by atoms with Crippen LogP contribution < -0.4 is 10.6 Å². The molecule has 17 heavy (non-hydrogen) atoms. The molecule has 0 spiro atoms. The monoisotopic (exact) mass is 234 g/mol. The Kier molecular flexibility index (Phi) is 3.50. The van der Waals surface area contributed by atoms with Crippen LogP contribution in [0.5, 0.6) is 0 Å². The number of hydrogen-bond donors (Lipinski definition) is 1. The van der Waals surface area contributed by atoms with Crippen LogP contribution in [-0.4, -0.2) is 23.3 Å². The Balaban J connectivity index is 2.01. The molecule has 0 aliphatic carbocycles. The van der Waals surface area contributed by atoms with Crippen LogP contribution in [-0.2, 0) is 0 Å². The van der Waals surface area contributed by atoms with Crippen molar-refractivity contribution in [1.29, 1.82) is 0 Å². The standard InChI is InChI=1S/C13H22N4/c1-3-13(4-2)7-9-17(10-8-13)12-6-5-11(14)15-16-12/h5-6H,3-4,7-10H2,1-2H3,(H2,14,15). The molecule has 1 fully saturated rings. The van der Waals surface area contributed by atoms with Gasteiger partial charge in [-0.1, -0.05) is 26.7 Å². The van der Waals surface area contributed by atoms with Crippen LogP contribution in [0, 0.1) is 5.41 Å². The summed E-state index contributed by atoms with van der Waals surface area (Å²) in [6.45, 7) is 6.78. The quantitative estimate of drug-likeness (QED) is 0.873. The Labute approximate surface area is 103 Å². The maximum atomic E-state index is 5.55. The first kappa shape index (κ1) is 12.1. The average molecular weight is 234 g/mol. The van der Waals surface area contributed by atoms with Gasteiger partial charge in [0.15, 0.2) is 5.82 Å². The molecule has 4 nitrogen and oxygen atoms in total. The van der Waals surface area contributed by atoms with E-state index in [-0.39, 0.29) is 0 Å². The van der Waals surface area contributed by atoms with Gasteiger partial charge >= 0.3 is 0 Å². The highest BCUT2D eigenvalue weighted by molar-refractivity contribution is 5.41. The van der Waals surface area contributed by atoms with E-state index in [1.807, 2.05) is 12.1 Å². The number of aromatic nitrogens is 2. The van der Waals surface area contributed by atoms with Crippen molar-refractivity contribution in [3.63, 3.8) is 0 Å². The highest BCUT2D eigenvalue weighted by atomic mass is 15.3. The molecule has 0 saturated carbocycles. The number of hydrogen-bond acceptors (Lipinski definition) is 4. The maximum absolute atomic E-state index is 5.55. The van der Waals surface area contributed by atoms with Gasteiger partial charge in [-0.3, -0.25) is 0 Å². The second-order valence-corrected chi connectivity index (χ2v) is 5.01. The Bertz CT molecular complexity index is 346. The predicted octanol–water partition coefficient (Wildman–Crippen LogP) is 2.47. The third-order valence-corrected chi connectivity index (χ3v) is 4.32. The van der Waals surface area contributed by atoms with Crippen LogP contribution in [0.3, 0.4) is 0 Å². The molecule has 0 aromatic carbocycles. The van der Waals surface area contributed by atoms with E-state index in [0.29, 0.717) is 11.2 Å². The summed E-state index contributed by atoms with van der Waals surface area (Å²) >= 11 is 0. The van der Waals surface area contributed by atoms with Gasteiger partial charge in [0.2, 0.25) is 0 Å². The normalized spacial score (nSPS) is 19.3. The summed E-state index contributed by atoms with van der Waals surface area (Å²) in [5.41, 5.74) is 6.10. The average Bonchev–Trinajstić information content (AvgIpc) is 2.40. The zero-order chi connectivity index (χ0) is 12.3. The first-order chi connectivity index (χ1) is 8.19. The molecule has 0 radical (unpaired) electrons. The number of nitrogens with two attached hydrogens (primary N) is 1. The van der Waals surface area contributed by atoms with E-state index in [2.05, 4.69) is 28.9 Å². The van der Waals surface area contributed by atoms with E-state index < -0.39 is 0 Å². The number of nitrogens with zero attached hydrogens (tertiary/aromatic N) is 3. The van der Waals surface area contributed by atoms with Crippen LogP contribution in [0.25, 0.3) is 0 Å². The smallest absolute Gasteiger partial charge is 0.151 e. The third-order valence-electron chi connectivity index (χ3n) is 4.32. The summed E-state index contributed by atoms with van der Waals surface area (Å²) < 4.78 is 0. The van der Waals surface area contributed by atoms with Gasteiger partial charge in [-0.15, -0.1) is 10.2 Å². The molecule has 2 N–H and O–H groups in total. The third kappa shape index (κ3) is 2.51. The topological polar surface area (TPSA) is 55.0 Å². The fraction of sp³-hybridized carbons (Fsp3) is 0.692. The van der Waals surface area contributed by atoms with Gasteiger partial charge in [0.1, 0.15) is 5.82 Å². The van der Waals surface area contributed by atoms with Gasteiger partial charge in [0, 0.05) is 13.1 Å². The van der Waals surface area contributed by atoms with Crippen LogP contribution in [0.2, 0.25) is 0 Å². The first-order valence-electron chi connectivity index (χ1n) is 6.53. The molecule has 94 valence electrons. The van der Waals surface area contributed by atoms with Gasteiger partial charge in [0.25, 0.3) is 0 Å². The molecule has 0 bridgehead atoms. The van der Waals surface area contributed by atoms with Crippen LogP contribution >= 0.6 is 0 Å². The van der Waals surface area contributed by atoms with Crippen molar-refractivity contribution in [2.75, 3.05) is 23.7 Å². The van der Waals surface area contributed by atoms with Crippen molar-refractivity contribution in [2.24, 2.45) is 5.41 Å². The van der Waals surface area contributed by atoms with Crippen molar-refractivity contribution in [1.82, 2.24) is 10.2 Å². The van der Waals surface area contributed by atoms with Gasteiger partial charge in [0.05, 0.1) is 0 Å². The molecule has 0 unspecified atom stereocenters. The summed E-state index contributed by atoms with van der Waals surface area (Å²) in [4.78, 5) is 2.32. The van der Waals surface area contributed by atoms with Gasteiger partial charge in [-0.05, 0) is 30.4 Å². The van der Waals surface area contributed by atoms with Crippen molar-refractivity contribution in [2.45, 2.75) is 39.5 Å². The number of piperidine rings is 1. The minimum absolute atomic E-state index is 0.488. The lowest BCUT2D eigenvalue weighted by atomic mass is 9.74. The molecular weight excluding hydrogens is 212 g/mol. The lowest BCUT2D eigenvalue weighted by Crippen LogP contribution is -2.40. The molecule has 2 rings (SSSR count). The van der Waals surface area contributed by atoms with Crippen LogP contribution in [0.1, 0.15) is 39.5 Å². The summed E-state index contributed by atoms with van der Waals surface area (Å²) in [7, 11) is 0. The molecule has 1 aliphatic heterocycles. The van der Waals surface area contributed by atoms with E-state index >= 15 is 0 Å². The highest BCUT2D eigenvalue weighted by Crippen LogP contribution is 2.38. The van der Waals surface area contributed by atoms with Crippen LogP contribution in [0.4, 0.5) is 11.6 Å². The fourth-order valence-corrected chi connectivity index (χ4v) is 2.67. The number of anilines is 2. The van der Waals surface area contributed by atoms with E-state index in [1.165, 1.54) is 25.7 Å². The zero-order valence-electron chi connectivity index (χ0n) is 10.8. The van der Waals surface area contributed by atoms with Crippen molar-refractivity contribution >= 4 is 11.6 Å². The second-order valence-electron chi connectivity index (χ2n) is 5.01. The molecule has 0 amide bonds. The molecule has 0 atom stereocenters.